The minimum absolute atomic E-state index is 0.237. The van der Waals surface area contributed by atoms with Gasteiger partial charge in [0.1, 0.15) is 0 Å². The van der Waals surface area contributed by atoms with Crippen molar-refractivity contribution in [2.75, 3.05) is 7.11 Å². The van der Waals surface area contributed by atoms with Crippen LogP contribution in [0.1, 0.15) is 129 Å². The van der Waals surface area contributed by atoms with E-state index in [0.29, 0.717) is 0 Å². The summed E-state index contributed by atoms with van der Waals surface area (Å²) in [5.41, 5.74) is 0.237. The molecule has 0 amide bonds. The van der Waals surface area contributed by atoms with Crippen LogP contribution in [-0.2, 0) is 4.74 Å². The van der Waals surface area contributed by atoms with Crippen LogP contribution in [0.25, 0.3) is 0 Å². The molecule has 0 radical (unpaired) electrons. The van der Waals surface area contributed by atoms with Gasteiger partial charge in [0.2, 0.25) is 0 Å². The quantitative estimate of drug-likeness (QED) is 0.316. The Morgan fingerprint density at radius 1 is 0.692 bits per heavy atom. The summed E-state index contributed by atoms with van der Waals surface area (Å²) >= 11 is 0. The van der Waals surface area contributed by atoms with Crippen molar-refractivity contribution >= 4 is 0 Å². The van der Waals surface area contributed by atoms with Crippen molar-refractivity contribution in [3.05, 3.63) is 0 Å². The van der Waals surface area contributed by atoms with Crippen LogP contribution in [0.4, 0.5) is 0 Å². The number of hydrogen-bond acceptors (Lipinski definition) is 1. The molecule has 0 aromatic heterocycles. The molecule has 0 aromatic carbocycles. The highest BCUT2D eigenvalue weighted by Crippen LogP contribution is 2.45. The van der Waals surface area contributed by atoms with Gasteiger partial charge in [-0.25, -0.2) is 0 Å². The van der Waals surface area contributed by atoms with Gasteiger partial charge in [-0.05, 0) is 62.7 Å². The van der Waals surface area contributed by atoms with Gasteiger partial charge in [-0.1, -0.05) is 84.5 Å². The first-order chi connectivity index (χ1) is 12.7. The van der Waals surface area contributed by atoms with Crippen LogP contribution in [-0.4, -0.2) is 12.7 Å². The van der Waals surface area contributed by atoms with E-state index in [0.717, 1.165) is 17.8 Å². The van der Waals surface area contributed by atoms with Gasteiger partial charge in [-0.15, -0.1) is 0 Å². The molecule has 2 aliphatic rings. The molecule has 2 aliphatic carbocycles. The lowest BCUT2D eigenvalue weighted by Gasteiger charge is -2.43. The maximum absolute atomic E-state index is 6.08. The molecule has 0 heterocycles. The minimum atomic E-state index is 0.237. The third-order valence-corrected chi connectivity index (χ3v) is 7.88. The maximum atomic E-state index is 6.08. The van der Waals surface area contributed by atoms with Gasteiger partial charge in [0.25, 0.3) is 0 Å². The third kappa shape index (κ3) is 7.17. The van der Waals surface area contributed by atoms with E-state index in [2.05, 4.69) is 13.8 Å². The predicted octanol–water partition coefficient (Wildman–Crippen LogP) is 8.31. The van der Waals surface area contributed by atoms with Crippen molar-refractivity contribution in [1.29, 1.82) is 0 Å². The van der Waals surface area contributed by atoms with E-state index in [-0.39, 0.29) is 5.60 Å². The Morgan fingerprint density at radius 3 is 1.85 bits per heavy atom. The summed E-state index contributed by atoms with van der Waals surface area (Å²) in [6.07, 6.45) is 25.7. The Balaban J connectivity index is 1.65. The van der Waals surface area contributed by atoms with Gasteiger partial charge in [0.05, 0.1) is 5.60 Å². The van der Waals surface area contributed by atoms with Gasteiger partial charge in [0.15, 0.2) is 0 Å². The van der Waals surface area contributed by atoms with E-state index < -0.39 is 0 Å². The molecule has 2 fully saturated rings. The normalized spacial score (nSPS) is 32.7. The van der Waals surface area contributed by atoms with Crippen LogP contribution in [0.15, 0.2) is 0 Å². The van der Waals surface area contributed by atoms with Crippen LogP contribution < -0.4 is 0 Å². The van der Waals surface area contributed by atoms with E-state index in [1.165, 1.54) is 116 Å². The Hall–Kier alpha value is -0.0400. The Bertz CT molecular complexity index is 334. The van der Waals surface area contributed by atoms with E-state index in [4.69, 9.17) is 4.74 Å². The number of unbranched alkanes of at least 4 members (excludes halogenated alkanes) is 6. The van der Waals surface area contributed by atoms with Gasteiger partial charge < -0.3 is 4.74 Å². The molecular formula is C25H48O. The summed E-state index contributed by atoms with van der Waals surface area (Å²) in [7, 11) is 1.98. The summed E-state index contributed by atoms with van der Waals surface area (Å²) in [6.45, 7) is 4.62. The summed E-state index contributed by atoms with van der Waals surface area (Å²) in [6, 6.07) is 0. The van der Waals surface area contributed by atoms with E-state index in [9.17, 15) is 0 Å². The van der Waals surface area contributed by atoms with Crippen LogP contribution in [0.2, 0.25) is 0 Å². The molecule has 2 rings (SSSR count). The zero-order valence-corrected chi connectivity index (χ0v) is 18.4. The minimum Gasteiger partial charge on any atom is -0.378 e. The van der Waals surface area contributed by atoms with Crippen LogP contribution in [0.5, 0.6) is 0 Å². The first-order valence-electron chi connectivity index (χ1n) is 12.3. The number of rotatable bonds is 12. The second-order valence-electron chi connectivity index (χ2n) is 9.67. The van der Waals surface area contributed by atoms with Gasteiger partial charge >= 0.3 is 0 Å². The molecular weight excluding hydrogens is 316 g/mol. The fraction of sp³-hybridized carbons (Fsp3) is 1.00. The molecule has 0 aromatic rings. The van der Waals surface area contributed by atoms with Crippen molar-refractivity contribution in [3.8, 4) is 0 Å². The molecule has 26 heavy (non-hydrogen) atoms. The molecule has 0 saturated heterocycles. The molecule has 0 unspecified atom stereocenters. The Kier molecular flexibility index (Phi) is 10.6. The number of hydrogen-bond donors (Lipinski definition) is 0. The highest BCUT2D eigenvalue weighted by molar-refractivity contribution is 4.90. The third-order valence-electron chi connectivity index (χ3n) is 7.88. The molecule has 2 saturated carbocycles. The fourth-order valence-corrected chi connectivity index (χ4v) is 5.88. The second-order valence-corrected chi connectivity index (χ2v) is 9.67. The maximum Gasteiger partial charge on any atom is 0.0679 e. The lowest BCUT2D eigenvalue weighted by molar-refractivity contribution is -0.0639. The fourth-order valence-electron chi connectivity index (χ4n) is 5.88. The predicted molar refractivity (Wildman–Crippen MR) is 115 cm³/mol. The first-order valence-corrected chi connectivity index (χ1v) is 12.3. The molecule has 1 heteroatoms. The number of ether oxygens (including phenoxy) is 1. The molecule has 1 nitrogen and oxygen atoms in total. The summed E-state index contributed by atoms with van der Waals surface area (Å²) in [4.78, 5) is 0. The molecule has 0 atom stereocenters. The molecule has 154 valence electrons. The Labute approximate surface area is 165 Å². The molecule has 0 bridgehead atoms. The molecule has 0 spiro atoms. The van der Waals surface area contributed by atoms with E-state index in [1.807, 2.05) is 7.11 Å². The molecule has 0 N–H and O–H groups in total. The summed E-state index contributed by atoms with van der Waals surface area (Å²) in [5, 5.41) is 0. The molecule has 0 aliphatic heterocycles. The van der Waals surface area contributed by atoms with Gasteiger partial charge in [0, 0.05) is 7.11 Å². The Morgan fingerprint density at radius 2 is 1.27 bits per heavy atom. The van der Waals surface area contributed by atoms with Crippen molar-refractivity contribution < 1.29 is 4.74 Å². The van der Waals surface area contributed by atoms with Crippen molar-refractivity contribution in [1.82, 2.24) is 0 Å². The van der Waals surface area contributed by atoms with Crippen molar-refractivity contribution in [3.63, 3.8) is 0 Å². The average Bonchev–Trinajstić information content (AvgIpc) is 2.70. The van der Waals surface area contributed by atoms with Crippen molar-refractivity contribution in [2.45, 2.75) is 135 Å². The van der Waals surface area contributed by atoms with Crippen molar-refractivity contribution in [2.24, 2.45) is 17.8 Å². The standard InChI is InChI=1S/C25H48O/c1-4-6-8-10-12-22-13-15-23(16-14-22)24-17-20-25(26-3,21-18-24)19-11-9-7-5-2/h22-24H,4-21H2,1-3H3/t22?,23?,24-,25+. The zero-order valence-electron chi connectivity index (χ0n) is 18.4. The lowest BCUT2D eigenvalue weighted by Crippen LogP contribution is -2.38. The average molecular weight is 365 g/mol. The number of methoxy groups -OCH3 is 1. The van der Waals surface area contributed by atoms with E-state index in [1.54, 1.807) is 0 Å². The largest absolute Gasteiger partial charge is 0.378 e. The topological polar surface area (TPSA) is 9.23 Å². The zero-order chi connectivity index (χ0) is 18.7. The summed E-state index contributed by atoms with van der Waals surface area (Å²) in [5.74, 6) is 3.11. The van der Waals surface area contributed by atoms with Gasteiger partial charge in [-0.2, -0.15) is 0 Å². The monoisotopic (exact) mass is 364 g/mol. The smallest absolute Gasteiger partial charge is 0.0679 e. The summed E-state index contributed by atoms with van der Waals surface area (Å²) < 4.78 is 6.08. The highest BCUT2D eigenvalue weighted by Gasteiger charge is 2.38. The highest BCUT2D eigenvalue weighted by atomic mass is 16.5. The second kappa shape index (κ2) is 12.4. The first kappa shape index (κ1) is 22.3. The SMILES string of the molecule is CCCCCCC1CCC([C@H]2CC[C@@](CCCCCC)(OC)CC2)CC1. The van der Waals surface area contributed by atoms with E-state index >= 15 is 0 Å². The van der Waals surface area contributed by atoms with Crippen LogP contribution >= 0.6 is 0 Å². The van der Waals surface area contributed by atoms with Crippen LogP contribution in [0, 0.1) is 17.8 Å². The lowest BCUT2D eigenvalue weighted by atomic mass is 9.67. The van der Waals surface area contributed by atoms with Gasteiger partial charge in [-0.3, -0.25) is 0 Å². The van der Waals surface area contributed by atoms with Crippen LogP contribution in [0.3, 0.4) is 0 Å².